The van der Waals surface area contributed by atoms with Crippen molar-refractivity contribution >= 4 is 5.91 Å². The molecule has 112 valence electrons. The molecule has 1 amide bonds. The smallest absolute Gasteiger partial charge is 0.233 e. The van der Waals surface area contributed by atoms with E-state index in [2.05, 4.69) is 10.6 Å². The number of hydrogen-bond donors (Lipinski definition) is 2. The van der Waals surface area contributed by atoms with E-state index < -0.39 is 0 Å². The maximum absolute atomic E-state index is 13.4. The Hall–Kier alpha value is -2.14. The van der Waals surface area contributed by atoms with E-state index in [1.807, 2.05) is 19.1 Å². The highest BCUT2D eigenvalue weighted by atomic mass is 19.1. The first-order valence-electron chi connectivity index (χ1n) is 6.93. The summed E-state index contributed by atoms with van der Waals surface area (Å²) in [6.45, 7) is 2.53. The first-order valence-corrected chi connectivity index (χ1v) is 6.93. The van der Waals surface area contributed by atoms with Crippen LogP contribution in [0.1, 0.15) is 24.3 Å². The Morgan fingerprint density at radius 2 is 2.10 bits per heavy atom. The first-order chi connectivity index (χ1) is 10.2. The van der Waals surface area contributed by atoms with Gasteiger partial charge in [0.2, 0.25) is 5.91 Å². The number of carbonyl (C=O) groups excluding carboxylic acids is 1. The van der Waals surface area contributed by atoms with Crippen LogP contribution in [0.5, 0.6) is 0 Å². The van der Waals surface area contributed by atoms with E-state index in [9.17, 15) is 9.18 Å². The second kappa shape index (κ2) is 7.59. The minimum atomic E-state index is -0.240. The van der Waals surface area contributed by atoms with Gasteiger partial charge in [-0.3, -0.25) is 10.1 Å². The second-order valence-electron chi connectivity index (χ2n) is 4.81. The molecule has 0 aliphatic carbocycles. The number of amides is 1. The quantitative estimate of drug-likeness (QED) is 0.823. The molecular weight excluding hydrogens is 271 g/mol. The van der Waals surface area contributed by atoms with Gasteiger partial charge in [0.25, 0.3) is 0 Å². The molecule has 0 aliphatic rings. The number of benzene rings is 1. The van der Waals surface area contributed by atoms with Crippen LogP contribution in [0.15, 0.2) is 47.1 Å². The predicted molar refractivity (Wildman–Crippen MR) is 78.2 cm³/mol. The van der Waals surface area contributed by atoms with Crippen LogP contribution in [0.25, 0.3) is 0 Å². The van der Waals surface area contributed by atoms with Crippen molar-refractivity contribution in [3.63, 3.8) is 0 Å². The zero-order valence-electron chi connectivity index (χ0n) is 11.9. The van der Waals surface area contributed by atoms with Gasteiger partial charge >= 0.3 is 0 Å². The number of carbonyl (C=O) groups is 1. The van der Waals surface area contributed by atoms with Crippen molar-refractivity contribution < 1.29 is 13.6 Å². The van der Waals surface area contributed by atoms with Crippen molar-refractivity contribution in [3.8, 4) is 0 Å². The summed E-state index contributed by atoms with van der Waals surface area (Å²) in [5.74, 6) is 0.426. The van der Waals surface area contributed by atoms with E-state index in [1.165, 1.54) is 6.07 Å². The highest BCUT2D eigenvalue weighted by Crippen LogP contribution is 2.11. The monoisotopic (exact) mass is 290 g/mol. The lowest BCUT2D eigenvalue weighted by Crippen LogP contribution is -2.36. The number of furan rings is 1. The Kier molecular flexibility index (Phi) is 5.51. The number of rotatable bonds is 7. The summed E-state index contributed by atoms with van der Waals surface area (Å²) in [5.41, 5.74) is 0.606. The molecule has 1 aromatic carbocycles. The summed E-state index contributed by atoms with van der Waals surface area (Å²) >= 11 is 0. The lowest BCUT2D eigenvalue weighted by atomic mass is 10.1. The van der Waals surface area contributed by atoms with Gasteiger partial charge in [0.05, 0.1) is 18.8 Å². The minimum absolute atomic E-state index is 0.0303. The molecule has 2 N–H and O–H groups in total. The fourth-order valence-corrected chi connectivity index (χ4v) is 1.98. The third-order valence-electron chi connectivity index (χ3n) is 3.21. The van der Waals surface area contributed by atoms with Crippen LogP contribution in [-0.4, -0.2) is 19.0 Å². The van der Waals surface area contributed by atoms with Crippen LogP contribution in [0.4, 0.5) is 4.39 Å². The topological polar surface area (TPSA) is 54.3 Å². The molecule has 0 unspecified atom stereocenters. The van der Waals surface area contributed by atoms with Crippen molar-refractivity contribution in [2.24, 2.45) is 0 Å². The molecule has 2 aromatic rings. The average molecular weight is 290 g/mol. The summed E-state index contributed by atoms with van der Waals surface area (Å²) in [6.07, 6.45) is 2.08. The molecule has 1 aromatic heterocycles. The number of hydrogen-bond acceptors (Lipinski definition) is 3. The van der Waals surface area contributed by atoms with Gasteiger partial charge in [0, 0.05) is 6.54 Å². The Morgan fingerprint density at radius 3 is 2.81 bits per heavy atom. The van der Waals surface area contributed by atoms with E-state index in [-0.39, 0.29) is 24.3 Å². The molecule has 0 aliphatic heterocycles. The van der Waals surface area contributed by atoms with Crippen LogP contribution in [0, 0.1) is 5.82 Å². The Bertz CT molecular complexity index is 569. The van der Waals surface area contributed by atoms with Crippen molar-refractivity contribution in [2.45, 2.75) is 19.4 Å². The highest BCUT2D eigenvalue weighted by molar-refractivity contribution is 5.78. The van der Waals surface area contributed by atoms with Gasteiger partial charge in [0.15, 0.2) is 0 Å². The van der Waals surface area contributed by atoms with Crippen LogP contribution < -0.4 is 10.6 Å². The Labute approximate surface area is 123 Å². The van der Waals surface area contributed by atoms with Gasteiger partial charge < -0.3 is 9.73 Å². The Morgan fingerprint density at radius 1 is 1.29 bits per heavy atom. The van der Waals surface area contributed by atoms with Crippen molar-refractivity contribution in [1.82, 2.24) is 10.6 Å². The average Bonchev–Trinajstić information content (AvgIpc) is 3.01. The fourth-order valence-electron chi connectivity index (χ4n) is 1.98. The molecule has 0 saturated heterocycles. The molecule has 21 heavy (non-hydrogen) atoms. The van der Waals surface area contributed by atoms with E-state index in [0.29, 0.717) is 18.5 Å². The number of halogens is 1. The lowest BCUT2D eigenvalue weighted by Gasteiger charge is -2.11. The summed E-state index contributed by atoms with van der Waals surface area (Å²) in [7, 11) is 0. The largest absolute Gasteiger partial charge is 0.468 e. The molecule has 0 fully saturated rings. The van der Waals surface area contributed by atoms with E-state index in [1.54, 1.807) is 24.5 Å². The van der Waals surface area contributed by atoms with Crippen LogP contribution >= 0.6 is 0 Å². The second-order valence-corrected chi connectivity index (χ2v) is 4.81. The zero-order chi connectivity index (χ0) is 15.1. The molecule has 1 atom stereocenters. The van der Waals surface area contributed by atoms with Crippen LogP contribution in [0.3, 0.4) is 0 Å². The highest BCUT2D eigenvalue weighted by Gasteiger charge is 2.09. The van der Waals surface area contributed by atoms with Crippen molar-refractivity contribution in [2.75, 3.05) is 13.1 Å². The normalized spacial score (nSPS) is 12.1. The zero-order valence-corrected chi connectivity index (χ0v) is 11.9. The third kappa shape index (κ3) is 4.72. The van der Waals surface area contributed by atoms with E-state index >= 15 is 0 Å². The van der Waals surface area contributed by atoms with Gasteiger partial charge in [-0.15, -0.1) is 0 Å². The van der Waals surface area contributed by atoms with Gasteiger partial charge in [-0.2, -0.15) is 0 Å². The third-order valence-corrected chi connectivity index (χ3v) is 3.21. The van der Waals surface area contributed by atoms with Gasteiger partial charge in [-0.25, -0.2) is 4.39 Å². The molecule has 4 nitrogen and oxygen atoms in total. The molecule has 0 saturated carbocycles. The predicted octanol–water partition coefficient (Wildman–Crippen LogP) is 2.43. The van der Waals surface area contributed by atoms with Crippen molar-refractivity contribution in [3.05, 3.63) is 59.8 Å². The molecule has 0 spiro atoms. The summed E-state index contributed by atoms with van der Waals surface area (Å²) in [4.78, 5) is 11.7. The molecular formula is C16H19FN2O2. The summed E-state index contributed by atoms with van der Waals surface area (Å²) in [5, 5.41) is 5.83. The SMILES string of the molecule is C[C@@H](NCC(=O)NCCc1ccccc1F)c1ccco1. The molecule has 1 heterocycles. The molecule has 2 rings (SSSR count). The fraction of sp³-hybridized carbons (Fsp3) is 0.312. The van der Waals surface area contributed by atoms with Crippen molar-refractivity contribution in [1.29, 1.82) is 0 Å². The molecule has 5 heteroatoms. The maximum Gasteiger partial charge on any atom is 0.233 e. The summed E-state index contributed by atoms with van der Waals surface area (Å²) < 4.78 is 18.6. The van der Waals surface area contributed by atoms with Gasteiger partial charge in [-0.1, -0.05) is 18.2 Å². The Balaban J connectivity index is 1.67. The molecule has 0 radical (unpaired) electrons. The first kappa shape index (κ1) is 15.3. The van der Waals surface area contributed by atoms with E-state index in [4.69, 9.17) is 4.42 Å². The van der Waals surface area contributed by atoms with Gasteiger partial charge in [0.1, 0.15) is 11.6 Å². The van der Waals surface area contributed by atoms with Crippen LogP contribution in [0.2, 0.25) is 0 Å². The standard InChI is InChI=1S/C16H19FN2O2/c1-12(15-7-4-10-21-15)19-11-16(20)18-9-8-13-5-2-3-6-14(13)17/h2-7,10,12,19H,8-9,11H2,1H3,(H,18,20)/t12-/m1/s1. The maximum atomic E-state index is 13.4. The minimum Gasteiger partial charge on any atom is -0.468 e. The lowest BCUT2D eigenvalue weighted by molar-refractivity contribution is -0.120. The van der Waals surface area contributed by atoms with E-state index in [0.717, 1.165) is 5.76 Å². The van der Waals surface area contributed by atoms with Crippen LogP contribution in [-0.2, 0) is 11.2 Å². The van der Waals surface area contributed by atoms with Gasteiger partial charge in [-0.05, 0) is 37.1 Å². The summed E-state index contributed by atoms with van der Waals surface area (Å²) in [6, 6.07) is 10.2. The number of nitrogens with one attached hydrogen (secondary N) is 2. The molecule has 0 bridgehead atoms.